The molecule has 2 saturated heterocycles. The van der Waals surface area contributed by atoms with Crippen molar-refractivity contribution < 1.29 is 9.53 Å². The Morgan fingerprint density at radius 1 is 1.50 bits per heavy atom. The van der Waals surface area contributed by atoms with Crippen molar-refractivity contribution in [2.24, 2.45) is 0 Å². The largest absolute Gasteiger partial charge is 0.366 e. The van der Waals surface area contributed by atoms with Crippen molar-refractivity contribution >= 4 is 17.7 Å². The minimum Gasteiger partial charge on any atom is -0.366 e. The molecule has 0 saturated carbocycles. The highest BCUT2D eigenvalue weighted by atomic mass is 32.2. The van der Waals surface area contributed by atoms with Gasteiger partial charge in [-0.2, -0.15) is 11.8 Å². The molecule has 2 fully saturated rings. The quantitative estimate of drug-likeness (QED) is 0.753. The minimum atomic E-state index is -0.289. The zero-order valence-corrected chi connectivity index (χ0v) is 10.4. The van der Waals surface area contributed by atoms with Crippen LogP contribution >= 0.6 is 11.8 Å². The van der Waals surface area contributed by atoms with Crippen LogP contribution in [0.2, 0.25) is 0 Å². The molecular formula is C11H20N2O2S. The first-order valence-corrected chi connectivity index (χ1v) is 7.13. The lowest BCUT2D eigenvalue weighted by molar-refractivity contribution is -0.134. The number of rotatable bonds is 3. The zero-order chi connectivity index (χ0) is 11.2. The molecule has 0 aromatic rings. The summed E-state index contributed by atoms with van der Waals surface area (Å²) in [5.74, 6) is 1.28. The standard InChI is InChI=1S/C11H20N2O2S/c14-11(10-8-12-4-5-15-10)13-7-9-3-1-2-6-16-9/h9-10,12H,1-8H2,(H,13,14). The summed E-state index contributed by atoms with van der Waals surface area (Å²) in [4.78, 5) is 11.8. The molecule has 0 bridgehead atoms. The lowest BCUT2D eigenvalue weighted by Gasteiger charge is -2.25. The van der Waals surface area contributed by atoms with Gasteiger partial charge in [-0.1, -0.05) is 6.42 Å². The Morgan fingerprint density at radius 2 is 2.44 bits per heavy atom. The number of hydrogen-bond donors (Lipinski definition) is 2. The van der Waals surface area contributed by atoms with Gasteiger partial charge in [-0.05, 0) is 18.6 Å². The van der Waals surface area contributed by atoms with Crippen LogP contribution in [0.4, 0.5) is 0 Å². The lowest BCUT2D eigenvalue weighted by Crippen LogP contribution is -2.49. The molecule has 5 heteroatoms. The number of hydrogen-bond acceptors (Lipinski definition) is 4. The second kappa shape index (κ2) is 6.47. The molecule has 16 heavy (non-hydrogen) atoms. The summed E-state index contributed by atoms with van der Waals surface area (Å²) in [7, 11) is 0. The molecule has 2 unspecified atom stereocenters. The van der Waals surface area contributed by atoms with E-state index in [1.165, 1.54) is 25.0 Å². The molecule has 2 heterocycles. The average Bonchev–Trinajstić information content (AvgIpc) is 2.38. The molecule has 0 aliphatic carbocycles. The maximum Gasteiger partial charge on any atom is 0.250 e. The van der Waals surface area contributed by atoms with E-state index in [0.29, 0.717) is 18.4 Å². The van der Waals surface area contributed by atoms with Crippen LogP contribution in [0.1, 0.15) is 19.3 Å². The van der Waals surface area contributed by atoms with Crippen molar-refractivity contribution in [3.63, 3.8) is 0 Å². The Bertz CT molecular complexity index is 226. The van der Waals surface area contributed by atoms with E-state index in [0.717, 1.165) is 13.1 Å². The number of nitrogens with one attached hydrogen (secondary N) is 2. The minimum absolute atomic E-state index is 0.0402. The van der Waals surface area contributed by atoms with E-state index in [-0.39, 0.29) is 12.0 Å². The average molecular weight is 244 g/mol. The SMILES string of the molecule is O=C(NCC1CCCCS1)C1CNCCO1. The van der Waals surface area contributed by atoms with Crippen molar-refractivity contribution in [2.45, 2.75) is 30.6 Å². The van der Waals surface area contributed by atoms with E-state index in [9.17, 15) is 4.79 Å². The molecule has 2 N–H and O–H groups in total. The topological polar surface area (TPSA) is 50.4 Å². The molecule has 2 rings (SSSR count). The monoisotopic (exact) mass is 244 g/mol. The van der Waals surface area contributed by atoms with Gasteiger partial charge in [0.25, 0.3) is 5.91 Å². The van der Waals surface area contributed by atoms with Crippen LogP contribution in [0.5, 0.6) is 0 Å². The lowest BCUT2D eigenvalue weighted by atomic mass is 10.2. The molecule has 0 aromatic heterocycles. The number of carbonyl (C=O) groups excluding carboxylic acids is 1. The molecule has 4 nitrogen and oxygen atoms in total. The zero-order valence-electron chi connectivity index (χ0n) is 9.54. The number of thioether (sulfide) groups is 1. The summed E-state index contributed by atoms with van der Waals surface area (Å²) in [6, 6.07) is 0. The fourth-order valence-electron chi connectivity index (χ4n) is 2.03. The van der Waals surface area contributed by atoms with Gasteiger partial charge in [0, 0.05) is 24.9 Å². The molecule has 1 amide bonds. The molecule has 2 aliphatic heterocycles. The summed E-state index contributed by atoms with van der Waals surface area (Å²) in [5, 5.41) is 6.77. The summed E-state index contributed by atoms with van der Waals surface area (Å²) in [6.07, 6.45) is 3.57. The Labute approximate surface area is 101 Å². The molecule has 0 spiro atoms. The summed E-state index contributed by atoms with van der Waals surface area (Å²) in [5.41, 5.74) is 0. The highest BCUT2D eigenvalue weighted by Crippen LogP contribution is 2.24. The van der Waals surface area contributed by atoms with Gasteiger partial charge in [-0.25, -0.2) is 0 Å². The van der Waals surface area contributed by atoms with Crippen molar-refractivity contribution in [1.82, 2.24) is 10.6 Å². The van der Waals surface area contributed by atoms with Crippen LogP contribution in [0.15, 0.2) is 0 Å². The van der Waals surface area contributed by atoms with Crippen molar-refractivity contribution in [3.05, 3.63) is 0 Å². The summed E-state index contributed by atoms with van der Waals surface area (Å²) in [6.45, 7) is 2.92. The molecular weight excluding hydrogens is 224 g/mol. The first kappa shape index (κ1) is 12.2. The van der Waals surface area contributed by atoms with Gasteiger partial charge in [0.2, 0.25) is 0 Å². The molecule has 2 aliphatic rings. The maximum atomic E-state index is 11.8. The predicted molar refractivity (Wildman–Crippen MR) is 65.7 cm³/mol. The van der Waals surface area contributed by atoms with E-state index in [2.05, 4.69) is 10.6 Å². The number of ether oxygens (including phenoxy) is 1. The number of amides is 1. The van der Waals surface area contributed by atoms with Crippen LogP contribution in [0.3, 0.4) is 0 Å². The van der Waals surface area contributed by atoms with Gasteiger partial charge >= 0.3 is 0 Å². The van der Waals surface area contributed by atoms with E-state index in [1.54, 1.807) is 0 Å². The smallest absolute Gasteiger partial charge is 0.250 e. The van der Waals surface area contributed by atoms with E-state index >= 15 is 0 Å². The Hall–Kier alpha value is -0.260. The second-order valence-electron chi connectivity index (χ2n) is 4.30. The van der Waals surface area contributed by atoms with Gasteiger partial charge in [-0.3, -0.25) is 4.79 Å². The fraction of sp³-hybridized carbons (Fsp3) is 0.909. The van der Waals surface area contributed by atoms with Gasteiger partial charge in [0.1, 0.15) is 6.10 Å². The first-order valence-electron chi connectivity index (χ1n) is 6.08. The normalized spacial score (nSPS) is 31.0. The van der Waals surface area contributed by atoms with E-state index in [4.69, 9.17) is 4.74 Å². The molecule has 0 aromatic carbocycles. The molecule has 2 atom stereocenters. The van der Waals surface area contributed by atoms with Crippen LogP contribution in [0, 0.1) is 0 Å². The first-order chi connectivity index (χ1) is 7.86. The Morgan fingerprint density at radius 3 is 3.12 bits per heavy atom. The summed E-state index contributed by atoms with van der Waals surface area (Å²) < 4.78 is 5.40. The fourth-order valence-corrected chi connectivity index (χ4v) is 3.27. The third kappa shape index (κ3) is 3.64. The highest BCUT2D eigenvalue weighted by Gasteiger charge is 2.22. The Kier molecular flexibility index (Phi) is 4.93. The van der Waals surface area contributed by atoms with Crippen LogP contribution in [-0.2, 0) is 9.53 Å². The van der Waals surface area contributed by atoms with Crippen LogP contribution in [0.25, 0.3) is 0 Å². The van der Waals surface area contributed by atoms with Crippen LogP contribution in [-0.4, -0.2) is 49.3 Å². The van der Waals surface area contributed by atoms with Gasteiger partial charge in [0.15, 0.2) is 0 Å². The van der Waals surface area contributed by atoms with E-state index in [1.807, 2.05) is 11.8 Å². The predicted octanol–water partition coefficient (Wildman–Crippen LogP) is 0.377. The number of morpholine rings is 1. The Balaban J connectivity index is 1.65. The third-order valence-corrected chi connectivity index (χ3v) is 4.40. The highest BCUT2D eigenvalue weighted by molar-refractivity contribution is 7.99. The summed E-state index contributed by atoms with van der Waals surface area (Å²) >= 11 is 1.98. The van der Waals surface area contributed by atoms with Crippen molar-refractivity contribution in [3.8, 4) is 0 Å². The van der Waals surface area contributed by atoms with Gasteiger partial charge in [0.05, 0.1) is 6.61 Å². The van der Waals surface area contributed by atoms with Gasteiger partial charge < -0.3 is 15.4 Å². The van der Waals surface area contributed by atoms with E-state index < -0.39 is 0 Å². The van der Waals surface area contributed by atoms with Gasteiger partial charge in [-0.15, -0.1) is 0 Å². The van der Waals surface area contributed by atoms with Crippen molar-refractivity contribution in [2.75, 3.05) is 32.0 Å². The number of carbonyl (C=O) groups is 1. The maximum absolute atomic E-state index is 11.8. The molecule has 92 valence electrons. The third-order valence-electron chi connectivity index (χ3n) is 3.00. The molecule has 0 radical (unpaired) electrons. The second-order valence-corrected chi connectivity index (χ2v) is 5.71. The van der Waals surface area contributed by atoms with Crippen molar-refractivity contribution in [1.29, 1.82) is 0 Å². The van der Waals surface area contributed by atoms with Crippen LogP contribution < -0.4 is 10.6 Å².